The molecule has 1 aromatic rings. The summed E-state index contributed by atoms with van der Waals surface area (Å²) in [6, 6.07) is 6.51. The second-order valence-corrected chi connectivity index (χ2v) is 6.06. The van der Waals surface area contributed by atoms with Crippen LogP contribution in [0.3, 0.4) is 0 Å². The zero-order valence-electron chi connectivity index (χ0n) is 10.4. The number of aryl methyl sites for hydroxylation is 2. The van der Waals surface area contributed by atoms with E-state index in [1.165, 1.54) is 7.05 Å². The standard InChI is InChI=1S/C12H16N2O2S/c1-9-5-6-10(2)12(7-9)17(15,16)14(4)11(3)8-13/h5-7,11H,1-4H3. The van der Waals surface area contributed by atoms with E-state index in [1.54, 1.807) is 26.0 Å². The molecule has 0 spiro atoms. The Morgan fingerprint density at radius 3 is 2.47 bits per heavy atom. The molecule has 1 atom stereocenters. The molecule has 0 amide bonds. The average molecular weight is 252 g/mol. The average Bonchev–Trinajstić information content (AvgIpc) is 2.30. The fraction of sp³-hybridized carbons (Fsp3) is 0.417. The van der Waals surface area contributed by atoms with Crippen LogP contribution in [0.5, 0.6) is 0 Å². The minimum Gasteiger partial charge on any atom is -0.207 e. The van der Waals surface area contributed by atoms with Crippen molar-refractivity contribution >= 4 is 10.0 Å². The second-order valence-electron chi connectivity index (χ2n) is 4.10. The fourth-order valence-corrected chi connectivity index (χ4v) is 3.01. The molecule has 1 unspecified atom stereocenters. The number of nitrogens with zero attached hydrogens (tertiary/aromatic N) is 2. The summed E-state index contributed by atoms with van der Waals surface area (Å²) in [4.78, 5) is 0.266. The molecule has 92 valence electrons. The van der Waals surface area contributed by atoms with Crippen molar-refractivity contribution in [3.63, 3.8) is 0 Å². The molecule has 0 aliphatic rings. The second kappa shape index (κ2) is 4.86. The normalized spacial score (nSPS) is 13.4. The Morgan fingerprint density at radius 1 is 1.35 bits per heavy atom. The third-order valence-corrected chi connectivity index (χ3v) is 4.80. The molecule has 4 nitrogen and oxygen atoms in total. The first-order valence-corrected chi connectivity index (χ1v) is 6.69. The van der Waals surface area contributed by atoms with Crippen LogP contribution < -0.4 is 0 Å². The van der Waals surface area contributed by atoms with E-state index in [0.717, 1.165) is 9.87 Å². The smallest absolute Gasteiger partial charge is 0.207 e. The van der Waals surface area contributed by atoms with Gasteiger partial charge in [0.15, 0.2) is 0 Å². The molecule has 17 heavy (non-hydrogen) atoms. The molecule has 0 N–H and O–H groups in total. The van der Waals surface area contributed by atoms with Gasteiger partial charge >= 0.3 is 0 Å². The molecule has 5 heteroatoms. The number of sulfonamides is 1. The largest absolute Gasteiger partial charge is 0.244 e. The van der Waals surface area contributed by atoms with Gasteiger partial charge in [-0.05, 0) is 38.0 Å². The Morgan fingerprint density at radius 2 is 1.94 bits per heavy atom. The fourth-order valence-electron chi connectivity index (χ4n) is 1.43. The summed E-state index contributed by atoms with van der Waals surface area (Å²) < 4.78 is 25.7. The zero-order chi connectivity index (χ0) is 13.2. The number of benzene rings is 1. The summed E-state index contributed by atoms with van der Waals surface area (Å²) in [6.07, 6.45) is 0. The van der Waals surface area contributed by atoms with Crippen LogP contribution in [0, 0.1) is 25.2 Å². The predicted octanol–water partition coefficient (Wildman–Crippen LogP) is 1.84. The summed E-state index contributed by atoms with van der Waals surface area (Å²) in [5.74, 6) is 0. The summed E-state index contributed by atoms with van der Waals surface area (Å²) in [6.45, 7) is 5.14. The maximum absolute atomic E-state index is 12.3. The van der Waals surface area contributed by atoms with Gasteiger partial charge in [0.05, 0.1) is 11.0 Å². The maximum Gasteiger partial charge on any atom is 0.244 e. The highest BCUT2D eigenvalue weighted by Gasteiger charge is 2.26. The van der Waals surface area contributed by atoms with Crippen LogP contribution in [0.15, 0.2) is 23.1 Å². The number of rotatable bonds is 3. The van der Waals surface area contributed by atoms with Gasteiger partial charge in [-0.2, -0.15) is 9.57 Å². The summed E-state index contributed by atoms with van der Waals surface area (Å²) in [5, 5.41) is 8.78. The van der Waals surface area contributed by atoms with Crippen LogP contribution in [-0.2, 0) is 10.0 Å². The van der Waals surface area contributed by atoms with E-state index >= 15 is 0 Å². The minimum absolute atomic E-state index is 0.266. The first kappa shape index (κ1) is 13.7. The van der Waals surface area contributed by atoms with Gasteiger partial charge in [0.25, 0.3) is 0 Å². The molecule has 0 radical (unpaired) electrons. The van der Waals surface area contributed by atoms with E-state index in [-0.39, 0.29) is 4.90 Å². The van der Waals surface area contributed by atoms with Crippen LogP contribution in [0.1, 0.15) is 18.1 Å². The molecular weight excluding hydrogens is 236 g/mol. The molecule has 0 aliphatic heterocycles. The van der Waals surface area contributed by atoms with Gasteiger partial charge in [-0.15, -0.1) is 0 Å². The number of hydrogen-bond donors (Lipinski definition) is 0. The Hall–Kier alpha value is -1.38. The lowest BCUT2D eigenvalue weighted by Gasteiger charge is -2.20. The summed E-state index contributed by atoms with van der Waals surface area (Å²) >= 11 is 0. The lowest BCUT2D eigenvalue weighted by atomic mass is 10.2. The first-order chi connectivity index (χ1) is 7.80. The molecule has 0 bridgehead atoms. The van der Waals surface area contributed by atoms with E-state index in [1.807, 2.05) is 19.1 Å². The first-order valence-electron chi connectivity index (χ1n) is 5.25. The van der Waals surface area contributed by atoms with Crippen LogP contribution >= 0.6 is 0 Å². The molecule has 1 aromatic carbocycles. The Labute approximate surface area is 103 Å². The topological polar surface area (TPSA) is 61.2 Å². The van der Waals surface area contributed by atoms with Gasteiger partial charge in [0.1, 0.15) is 6.04 Å². The zero-order valence-corrected chi connectivity index (χ0v) is 11.2. The highest BCUT2D eigenvalue weighted by Crippen LogP contribution is 2.21. The minimum atomic E-state index is -3.59. The van der Waals surface area contributed by atoms with Gasteiger partial charge in [-0.3, -0.25) is 0 Å². The van der Waals surface area contributed by atoms with Crippen molar-refractivity contribution in [2.45, 2.75) is 31.7 Å². The van der Waals surface area contributed by atoms with E-state index in [0.29, 0.717) is 5.56 Å². The van der Waals surface area contributed by atoms with Gasteiger partial charge in [-0.1, -0.05) is 12.1 Å². The molecule has 0 aromatic heterocycles. The molecule has 0 aliphatic carbocycles. The molecule has 0 saturated carbocycles. The molecule has 0 fully saturated rings. The lowest BCUT2D eigenvalue weighted by molar-refractivity contribution is 0.441. The molecular formula is C12H16N2O2S. The van der Waals surface area contributed by atoms with Crippen molar-refractivity contribution in [2.24, 2.45) is 0 Å². The molecule has 0 saturated heterocycles. The van der Waals surface area contributed by atoms with Gasteiger partial charge in [0, 0.05) is 7.05 Å². The van der Waals surface area contributed by atoms with Gasteiger partial charge in [-0.25, -0.2) is 8.42 Å². The summed E-state index contributed by atoms with van der Waals surface area (Å²) in [5.41, 5.74) is 1.57. The van der Waals surface area contributed by atoms with E-state index < -0.39 is 16.1 Å². The van der Waals surface area contributed by atoms with Crippen LogP contribution in [0.2, 0.25) is 0 Å². The quantitative estimate of drug-likeness (QED) is 0.824. The highest BCUT2D eigenvalue weighted by molar-refractivity contribution is 7.89. The van der Waals surface area contributed by atoms with Crippen molar-refractivity contribution in [1.29, 1.82) is 5.26 Å². The predicted molar refractivity (Wildman–Crippen MR) is 65.9 cm³/mol. The maximum atomic E-state index is 12.3. The van der Waals surface area contributed by atoms with Crippen molar-refractivity contribution in [3.8, 4) is 6.07 Å². The Kier molecular flexibility index (Phi) is 3.91. The van der Waals surface area contributed by atoms with Crippen molar-refractivity contribution in [1.82, 2.24) is 4.31 Å². The summed E-state index contributed by atoms with van der Waals surface area (Å²) in [7, 11) is -2.17. The number of hydrogen-bond acceptors (Lipinski definition) is 3. The van der Waals surface area contributed by atoms with Gasteiger partial charge in [0.2, 0.25) is 10.0 Å². The molecule has 1 rings (SSSR count). The van der Waals surface area contributed by atoms with Crippen molar-refractivity contribution < 1.29 is 8.42 Å². The Balaban J connectivity index is 3.32. The highest BCUT2D eigenvalue weighted by atomic mass is 32.2. The van der Waals surface area contributed by atoms with Crippen LogP contribution in [0.25, 0.3) is 0 Å². The third kappa shape index (κ3) is 2.65. The Bertz CT molecular complexity index is 558. The van der Waals surface area contributed by atoms with E-state index in [2.05, 4.69) is 0 Å². The lowest BCUT2D eigenvalue weighted by Crippen LogP contribution is -2.34. The monoisotopic (exact) mass is 252 g/mol. The van der Waals surface area contributed by atoms with E-state index in [9.17, 15) is 8.42 Å². The van der Waals surface area contributed by atoms with Crippen LogP contribution in [0.4, 0.5) is 0 Å². The third-order valence-electron chi connectivity index (χ3n) is 2.73. The van der Waals surface area contributed by atoms with Gasteiger partial charge < -0.3 is 0 Å². The van der Waals surface area contributed by atoms with Crippen molar-refractivity contribution in [2.75, 3.05) is 7.05 Å². The molecule has 0 heterocycles. The van der Waals surface area contributed by atoms with E-state index in [4.69, 9.17) is 5.26 Å². The number of nitriles is 1. The van der Waals surface area contributed by atoms with Crippen molar-refractivity contribution in [3.05, 3.63) is 29.3 Å². The SMILES string of the molecule is Cc1ccc(C)c(S(=O)(=O)N(C)C(C)C#N)c1. The van der Waals surface area contributed by atoms with Crippen LogP contribution in [-0.4, -0.2) is 25.8 Å².